The summed E-state index contributed by atoms with van der Waals surface area (Å²) in [5.74, 6) is -0.289. The average Bonchev–Trinajstić information content (AvgIpc) is 2.80. The fourth-order valence-electron chi connectivity index (χ4n) is 2.67. The van der Waals surface area contributed by atoms with Crippen LogP contribution in [0.15, 0.2) is 24.3 Å². The Labute approximate surface area is 143 Å². The third-order valence-corrected chi connectivity index (χ3v) is 6.08. The molecule has 1 aromatic carbocycles. The highest BCUT2D eigenvalue weighted by Gasteiger charge is 2.28. The Kier molecular flexibility index (Phi) is 6.31. The lowest BCUT2D eigenvalue weighted by Crippen LogP contribution is -2.42. The maximum Gasteiger partial charge on any atom is 0.281 e. The SMILES string of the molecule is CN(C)S(=O)(=O)N1CCCN(C(=O)CCc2ccc(F)cc2)CC1. The van der Waals surface area contributed by atoms with Crippen LogP contribution in [0.5, 0.6) is 0 Å². The van der Waals surface area contributed by atoms with E-state index in [2.05, 4.69) is 0 Å². The molecule has 1 amide bonds. The lowest BCUT2D eigenvalue weighted by atomic mass is 10.1. The number of amides is 1. The van der Waals surface area contributed by atoms with Gasteiger partial charge in [0, 0.05) is 46.7 Å². The van der Waals surface area contributed by atoms with Gasteiger partial charge in [-0.15, -0.1) is 0 Å². The average molecular weight is 357 g/mol. The van der Waals surface area contributed by atoms with E-state index in [-0.39, 0.29) is 11.7 Å². The summed E-state index contributed by atoms with van der Waals surface area (Å²) in [4.78, 5) is 14.1. The lowest BCUT2D eigenvalue weighted by molar-refractivity contribution is -0.131. The van der Waals surface area contributed by atoms with Crippen LogP contribution in [-0.2, 0) is 21.4 Å². The zero-order valence-electron chi connectivity index (χ0n) is 14.1. The van der Waals surface area contributed by atoms with Gasteiger partial charge in [-0.05, 0) is 30.5 Å². The molecule has 8 heteroatoms. The van der Waals surface area contributed by atoms with Crippen LogP contribution >= 0.6 is 0 Å². The van der Waals surface area contributed by atoms with Gasteiger partial charge in [0.05, 0.1) is 0 Å². The second-order valence-electron chi connectivity index (χ2n) is 6.05. The van der Waals surface area contributed by atoms with E-state index in [0.29, 0.717) is 45.4 Å². The van der Waals surface area contributed by atoms with Gasteiger partial charge in [-0.3, -0.25) is 4.79 Å². The minimum atomic E-state index is -3.44. The van der Waals surface area contributed by atoms with E-state index in [1.165, 1.54) is 34.8 Å². The van der Waals surface area contributed by atoms with Crippen molar-refractivity contribution >= 4 is 16.1 Å². The Morgan fingerprint density at radius 2 is 1.79 bits per heavy atom. The van der Waals surface area contributed by atoms with Crippen LogP contribution in [0.1, 0.15) is 18.4 Å². The first-order valence-corrected chi connectivity index (χ1v) is 9.40. The fourth-order valence-corrected chi connectivity index (χ4v) is 3.80. The molecule has 0 unspecified atom stereocenters. The fraction of sp³-hybridized carbons (Fsp3) is 0.562. The zero-order chi connectivity index (χ0) is 17.7. The third kappa shape index (κ3) is 4.75. The van der Waals surface area contributed by atoms with E-state index < -0.39 is 10.2 Å². The van der Waals surface area contributed by atoms with Crippen LogP contribution < -0.4 is 0 Å². The molecule has 0 N–H and O–H groups in total. The van der Waals surface area contributed by atoms with Crippen molar-refractivity contribution in [3.63, 3.8) is 0 Å². The number of hydrogen-bond donors (Lipinski definition) is 0. The largest absolute Gasteiger partial charge is 0.341 e. The molecule has 1 saturated heterocycles. The van der Waals surface area contributed by atoms with Crippen LogP contribution in [-0.4, -0.2) is 68.1 Å². The Hall–Kier alpha value is -1.51. The van der Waals surface area contributed by atoms with Gasteiger partial charge in [-0.1, -0.05) is 12.1 Å². The van der Waals surface area contributed by atoms with E-state index in [1.807, 2.05) is 0 Å². The van der Waals surface area contributed by atoms with E-state index in [0.717, 1.165) is 5.56 Å². The summed E-state index contributed by atoms with van der Waals surface area (Å²) >= 11 is 0. The molecular formula is C16H24FN3O3S. The third-order valence-electron chi connectivity index (χ3n) is 4.14. The Balaban J connectivity index is 1.89. The number of hydrogen-bond acceptors (Lipinski definition) is 3. The Morgan fingerprint density at radius 1 is 1.12 bits per heavy atom. The summed E-state index contributed by atoms with van der Waals surface area (Å²) < 4.78 is 39.8. The first-order chi connectivity index (χ1) is 11.3. The first kappa shape index (κ1) is 18.8. The topological polar surface area (TPSA) is 60.9 Å². The zero-order valence-corrected chi connectivity index (χ0v) is 14.9. The molecule has 0 aliphatic carbocycles. The molecule has 0 aromatic heterocycles. The molecule has 1 aliphatic rings. The van der Waals surface area contributed by atoms with E-state index in [1.54, 1.807) is 17.0 Å². The molecule has 1 fully saturated rings. The Bertz CT molecular complexity index is 662. The molecule has 0 bridgehead atoms. The monoisotopic (exact) mass is 357 g/mol. The van der Waals surface area contributed by atoms with Gasteiger partial charge in [0.15, 0.2) is 0 Å². The van der Waals surface area contributed by atoms with Crippen molar-refractivity contribution in [3.05, 3.63) is 35.6 Å². The summed E-state index contributed by atoms with van der Waals surface area (Å²) in [7, 11) is -0.427. The summed E-state index contributed by atoms with van der Waals surface area (Å²) in [6.45, 7) is 1.68. The minimum Gasteiger partial charge on any atom is -0.341 e. The quantitative estimate of drug-likeness (QED) is 0.793. The molecule has 1 aliphatic heterocycles. The molecule has 0 atom stereocenters. The number of carbonyl (C=O) groups excluding carboxylic acids is 1. The van der Waals surface area contributed by atoms with Crippen LogP contribution in [0.3, 0.4) is 0 Å². The highest BCUT2D eigenvalue weighted by molar-refractivity contribution is 7.86. The molecule has 1 heterocycles. The van der Waals surface area contributed by atoms with Crippen LogP contribution in [0.2, 0.25) is 0 Å². The van der Waals surface area contributed by atoms with Gasteiger partial charge in [0.2, 0.25) is 5.91 Å². The summed E-state index contributed by atoms with van der Waals surface area (Å²) in [5.41, 5.74) is 0.913. The van der Waals surface area contributed by atoms with Gasteiger partial charge in [-0.2, -0.15) is 17.0 Å². The highest BCUT2D eigenvalue weighted by Crippen LogP contribution is 2.12. The molecule has 0 saturated carbocycles. The normalized spacial score (nSPS) is 17.1. The summed E-state index contributed by atoms with van der Waals surface area (Å²) in [6, 6.07) is 6.12. The predicted molar refractivity (Wildman–Crippen MR) is 90.1 cm³/mol. The summed E-state index contributed by atoms with van der Waals surface area (Å²) in [6.07, 6.45) is 1.51. The first-order valence-electron chi connectivity index (χ1n) is 8.00. The van der Waals surface area contributed by atoms with Crippen molar-refractivity contribution in [2.45, 2.75) is 19.3 Å². The maximum absolute atomic E-state index is 12.9. The summed E-state index contributed by atoms with van der Waals surface area (Å²) in [5, 5.41) is 0. The molecule has 0 radical (unpaired) electrons. The smallest absolute Gasteiger partial charge is 0.281 e. The standard InChI is InChI=1S/C16H24FN3O3S/c1-18(2)24(22,23)20-11-3-10-19(12-13-20)16(21)9-6-14-4-7-15(17)8-5-14/h4-5,7-8H,3,6,9-13H2,1-2H3. The number of carbonyl (C=O) groups is 1. The van der Waals surface area contributed by atoms with Crippen molar-refractivity contribution in [1.29, 1.82) is 0 Å². The van der Waals surface area contributed by atoms with Crippen molar-refractivity contribution in [2.75, 3.05) is 40.3 Å². The highest BCUT2D eigenvalue weighted by atomic mass is 32.2. The van der Waals surface area contributed by atoms with Crippen molar-refractivity contribution in [3.8, 4) is 0 Å². The molecule has 2 rings (SSSR count). The van der Waals surface area contributed by atoms with E-state index in [9.17, 15) is 17.6 Å². The number of aryl methyl sites for hydroxylation is 1. The predicted octanol–water partition coefficient (Wildman–Crippen LogP) is 1.10. The van der Waals surface area contributed by atoms with E-state index in [4.69, 9.17) is 0 Å². The van der Waals surface area contributed by atoms with Crippen molar-refractivity contribution < 1.29 is 17.6 Å². The van der Waals surface area contributed by atoms with E-state index >= 15 is 0 Å². The van der Waals surface area contributed by atoms with Gasteiger partial charge in [0.25, 0.3) is 10.2 Å². The molecular weight excluding hydrogens is 333 g/mol. The van der Waals surface area contributed by atoms with Gasteiger partial charge >= 0.3 is 0 Å². The molecule has 0 spiro atoms. The second kappa shape index (κ2) is 8.04. The van der Waals surface area contributed by atoms with Crippen molar-refractivity contribution in [2.24, 2.45) is 0 Å². The molecule has 6 nitrogen and oxygen atoms in total. The second-order valence-corrected chi connectivity index (χ2v) is 8.19. The number of halogens is 1. The lowest BCUT2D eigenvalue weighted by Gasteiger charge is -2.24. The van der Waals surface area contributed by atoms with Crippen LogP contribution in [0, 0.1) is 5.82 Å². The molecule has 24 heavy (non-hydrogen) atoms. The van der Waals surface area contributed by atoms with Gasteiger partial charge < -0.3 is 4.90 Å². The number of rotatable bonds is 5. The molecule has 134 valence electrons. The van der Waals surface area contributed by atoms with Crippen LogP contribution in [0.25, 0.3) is 0 Å². The van der Waals surface area contributed by atoms with Gasteiger partial charge in [-0.25, -0.2) is 4.39 Å². The van der Waals surface area contributed by atoms with Gasteiger partial charge in [0.1, 0.15) is 5.82 Å². The van der Waals surface area contributed by atoms with Crippen LogP contribution in [0.4, 0.5) is 4.39 Å². The minimum absolute atomic E-state index is 0.00317. The number of benzene rings is 1. The van der Waals surface area contributed by atoms with Crippen molar-refractivity contribution in [1.82, 2.24) is 13.5 Å². The number of nitrogens with zero attached hydrogens (tertiary/aromatic N) is 3. The maximum atomic E-state index is 12.9. The molecule has 1 aromatic rings. The Morgan fingerprint density at radius 3 is 2.42 bits per heavy atom.